The number of halogens is 1. The molecule has 1 aromatic rings. The molecule has 0 saturated carbocycles. The summed E-state index contributed by atoms with van der Waals surface area (Å²) in [5.74, 6) is -0.407. The van der Waals surface area contributed by atoms with Gasteiger partial charge in [-0.05, 0) is 51.8 Å². The Labute approximate surface area is 133 Å². The van der Waals surface area contributed by atoms with E-state index in [1.807, 2.05) is 32.9 Å². The van der Waals surface area contributed by atoms with Crippen molar-refractivity contribution in [1.82, 2.24) is 4.72 Å². The molecule has 4 nitrogen and oxygen atoms in total. The molecule has 0 saturated heterocycles. The average Bonchev–Trinajstić information content (AvgIpc) is 2.37. The molecule has 0 aliphatic carbocycles. The minimum atomic E-state index is -1.35. The van der Waals surface area contributed by atoms with E-state index in [1.54, 1.807) is 19.1 Å². The van der Waals surface area contributed by atoms with Crippen molar-refractivity contribution >= 4 is 28.6 Å². The molecule has 0 radical (unpaired) electrons. The summed E-state index contributed by atoms with van der Waals surface area (Å²) in [6.45, 7) is 7.57. The zero-order valence-electron chi connectivity index (χ0n) is 12.8. The number of esters is 1. The number of carbonyl (C=O) groups is 1. The van der Waals surface area contributed by atoms with E-state index in [0.29, 0.717) is 11.4 Å². The van der Waals surface area contributed by atoms with Crippen LogP contribution in [0.25, 0.3) is 0 Å². The lowest BCUT2D eigenvalue weighted by Crippen LogP contribution is -2.45. The van der Waals surface area contributed by atoms with Crippen LogP contribution in [0.15, 0.2) is 24.3 Å². The molecule has 0 aromatic heterocycles. The van der Waals surface area contributed by atoms with Crippen LogP contribution in [0.2, 0.25) is 5.02 Å². The van der Waals surface area contributed by atoms with Gasteiger partial charge >= 0.3 is 5.97 Å². The molecule has 21 heavy (non-hydrogen) atoms. The molecule has 0 heterocycles. The molecule has 0 fully saturated rings. The fourth-order valence-electron chi connectivity index (χ4n) is 1.62. The van der Waals surface area contributed by atoms with Crippen LogP contribution in [0.4, 0.5) is 0 Å². The standard InChI is InChI=1S/C15H22ClNO3S/c1-5-20-14(18)13(17-21(19)15(2,3)4)10-11-7-6-8-12(16)9-11/h6-9,13,17H,5,10H2,1-4H3/t13?,21-/m0/s1. The second-order valence-electron chi connectivity index (χ2n) is 5.64. The number of hydrogen-bond acceptors (Lipinski definition) is 3. The molecule has 0 spiro atoms. The van der Waals surface area contributed by atoms with E-state index in [2.05, 4.69) is 4.72 Å². The third kappa shape index (κ3) is 6.16. The van der Waals surface area contributed by atoms with Gasteiger partial charge in [-0.1, -0.05) is 23.7 Å². The molecule has 1 rings (SSSR count). The highest BCUT2D eigenvalue weighted by atomic mass is 35.5. The molecule has 1 aromatic carbocycles. The lowest BCUT2D eigenvalue weighted by molar-refractivity contribution is -0.145. The summed E-state index contributed by atoms with van der Waals surface area (Å²) in [7, 11) is -1.35. The second-order valence-corrected chi connectivity index (χ2v) is 8.07. The number of benzene rings is 1. The zero-order chi connectivity index (χ0) is 16.0. The Kier molecular flexibility index (Phi) is 6.84. The molecule has 0 aliphatic heterocycles. The van der Waals surface area contributed by atoms with E-state index in [1.165, 1.54) is 0 Å². The molecule has 0 amide bonds. The Morgan fingerprint density at radius 2 is 2.10 bits per heavy atom. The number of ether oxygens (including phenoxy) is 1. The molecule has 0 bridgehead atoms. The molecular weight excluding hydrogens is 310 g/mol. The summed E-state index contributed by atoms with van der Waals surface area (Å²) < 4.78 is 19.7. The number of nitrogens with one attached hydrogen (secondary N) is 1. The summed E-state index contributed by atoms with van der Waals surface area (Å²) in [6.07, 6.45) is 0.376. The lowest BCUT2D eigenvalue weighted by Gasteiger charge is -2.23. The van der Waals surface area contributed by atoms with Crippen LogP contribution in [-0.4, -0.2) is 27.6 Å². The van der Waals surface area contributed by atoms with Gasteiger partial charge in [-0.2, -0.15) is 0 Å². The van der Waals surface area contributed by atoms with Gasteiger partial charge in [-0.15, -0.1) is 0 Å². The summed E-state index contributed by atoms with van der Waals surface area (Å²) >= 11 is 5.95. The van der Waals surface area contributed by atoms with Gasteiger partial charge in [0.15, 0.2) is 0 Å². The van der Waals surface area contributed by atoms with Crippen LogP contribution >= 0.6 is 11.6 Å². The van der Waals surface area contributed by atoms with Gasteiger partial charge in [0.25, 0.3) is 0 Å². The monoisotopic (exact) mass is 331 g/mol. The molecule has 0 aliphatic rings. The number of hydrogen-bond donors (Lipinski definition) is 1. The van der Waals surface area contributed by atoms with Crippen molar-refractivity contribution in [1.29, 1.82) is 0 Å². The van der Waals surface area contributed by atoms with Crippen molar-refractivity contribution in [3.8, 4) is 0 Å². The number of carbonyl (C=O) groups excluding carboxylic acids is 1. The fourth-order valence-corrected chi connectivity index (χ4v) is 2.63. The maximum atomic E-state index is 12.2. The lowest BCUT2D eigenvalue weighted by atomic mass is 10.1. The topological polar surface area (TPSA) is 55.4 Å². The van der Waals surface area contributed by atoms with E-state index in [4.69, 9.17) is 16.3 Å². The van der Waals surface area contributed by atoms with E-state index in [-0.39, 0.29) is 6.61 Å². The fraction of sp³-hybridized carbons (Fsp3) is 0.533. The predicted octanol–water partition coefficient (Wildman–Crippen LogP) is 2.87. The molecular formula is C15H22ClNO3S. The van der Waals surface area contributed by atoms with Crippen LogP contribution in [0, 0.1) is 0 Å². The molecule has 2 atom stereocenters. The highest BCUT2D eigenvalue weighted by molar-refractivity contribution is 7.84. The summed E-state index contributed by atoms with van der Waals surface area (Å²) in [5.41, 5.74) is 0.888. The van der Waals surface area contributed by atoms with Crippen LogP contribution in [0.3, 0.4) is 0 Å². The van der Waals surface area contributed by atoms with E-state index in [9.17, 15) is 9.00 Å². The van der Waals surface area contributed by atoms with Crippen molar-refractivity contribution in [3.63, 3.8) is 0 Å². The first kappa shape index (κ1) is 18.1. The highest BCUT2D eigenvalue weighted by Gasteiger charge is 2.27. The van der Waals surface area contributed by atoms with Gasteiger partial charge in [-0.3, -0.25) is 4.79 Å². The third-order valence-electron chi connectivity index (χ3n) is 2.71. The van der Waals surface area contributed by atoms with Gasteiger partial charge < -0.3 is 4.74 Å². The molecule has 1 N–H and O–H groups in total. The summed E-state index contributed by atoms with van der Waals surface area (Å²) in [4.78, 5) is 12.0. The first-order valence-corrected chi connectivity index (χ1v) is 8.36. The molecule has 1 unspecified atom stereocenters. The minimum absolute atomic E-state index is 0.286. The Morgan fingerprint density at radius 1 is 1.43 bits per heavy atom. The van der Waals surface area contributed by atoms with Crippen molar-refractivity contribution < 1.29 is 13.7 Å². The van der Waals surface area contributed by atoms with Crippen molar-refractivity contribution in [2.75, 3.05) is 6.61 Å². The Morgan fingerprint density at radius 3 is 2.62 bits per heavy atom. The van der Waals surface area contributed by atoms with Gasteiger partial charge in [0.2, 0.25) is 0 Å². The highest BCUT2D eigenvalue weighted by Crippen LogP contribution is 2.15. The van der Waals surface area contributed by atoms with E-state index < -0.39 is 27.7 Å². The zero-order valence-corrected chi connectivity index (χ0v) is 14.4. The Bertz CT molecular complexity index is 514. The molecule has 6 heteroatoms. The minimum Gasteiger partial charge on any atom is -0.465 e. The van der Waals surface area contributed by atoms with Crippen LogP contribution in [0.5, 0.6) is 0 Å². The predicted molar refractivity (Wildman–Crippen MR) is 86.6 cm³/mol. The Balaban J connectivity index is 2.87. The van der Waals surface area contributed by atoms with Crippen LogP contribution in [0.1, 0.15) is 33.3 Å². The normalized spacial score (nSPS) is 14.5. The third-order valence-corrected chi connectivity index (χ3v) is 4.55. The van der Waals surface area contributed by atoms with Crippen molar-refractivity contribution in [3.05, 3.63) is 34.9 Å². The van der Waals surface area contributed by atoms with Gasteiger partial charge in [0, 0.05) is 5.02 Å². The average molecular weight is 332 g/mol. The van der Waals surface area contributed by atoms with E-state index in [0.717, 1.165) is 5.56 Å². The first-order chi connectivity index (χ1) is 9.74. The van der Waals surface area contributed by atoms with Gasteiger partial charge in [0.1, 0.15) is 6.04 Å². The van der Waals surface area contributed by atoms with E-state index >= 15 is 0 Å². The second kappa shape index (κ2) is 7.92. The molecule has 118 valence electrons. The van der Waals surface area contributed by atoms with Crippen molar-refractivity contribution in [2.45, 2.75) is 44.9 Å². The van der Waals surface area contributed by atoms with Crippen molar-refractivity contribution in [2.24, 2.45) is 0 Å². The maximum Gasteiger partial charge on any atom is 0.324 e. The van der Waals surface area contributed by atoms with Gasteiger partial charge in [0.05, 0.1) is 22.3 Å². The quantitative estimate of drug-likeness (QED) is 0.815. The SMILES string of the molecule is CCOC(=O)C(Cc1cccc(Cl)c1)N[S@@](=O)C(C)(C)C. The van der Waals surface area contributed by atoms with Gasteiger partial charge in [-0.25, -0.2) is 8.93 Å². The maximum absolute atomic E-state index is 12.2. The van der Waals surface area contributed by atoms with Crippen LogP contribution < -0.4 is 4.72 Å². The largest absolute Gasteiger partial charge is 0.465 e. The summed E-state index contributed by atoms with van der Waals surface area (Å²) in [5, 5.41) is 0.604. The number of rotatable bonds is 6. The first-order valence-electron chi connectivity index (χ1n) is 6.83. The summed E-state index contributed by atoms with van der Waals surface area (Å²) in [6, 6.07) is 6.59. The smallest absolute Gasteiger partial charge is 0.324 e. The van der Waals surface area contributed by atoms with Crippen LogP contribution in [-0.2, 0) is 26.9 Å². The Hall–Kier alpha value is -0.910.